The summed E-state index contributed by atoms with van der Waals surface area (Å²) in [6.07, 6.45) is 1.35. The van der Waals surface area contributed by atoms with E-state index in [0.29, 0.717) is 0 Å². The molecule has 1 unspecified atom stereocenters. The van der Waals surface area contributed by atoms with Gasteiger partial charge in [-0.15, -0.1) is 0 Å². The Hall–Kier alpha value is -1.10. The molecule has 1 aliphatic heterocycles. The number of carbonyl (C=O) groups excluding carboxylic acids is 2. The molecule has 5 nitrogen and oxygen atoms in total. The number of rotatable bonds is 2. The Labute approximate surface area is 76.0 Å². The second kappa shape index (κ2) is 2.99. The highest BCUT2D eigenvalue weighted by Gasteiger charge is 2.43. The van der Waals surface area contributed by atoms with Crippen LogP contribution in [0, 0.1) is 0 Å². The lowest BCUT2D eigenvalue weighted by Gasteiger charge is -2.30. The largest absolute Gasteiger partial charge is 0.370 e. The van der Waals surface area contributed by atoms with E-state index in [2.05, 4.69) is 5.32 Å². The fourth-order valence-corrected chi connectivity index (χ4v) is 1.47. The first-order valence-corrected chi connectivity index (χ1v) is 4.37. The van der Waals surface area contributed by atoms with Crippen molar-refractivity contribution in [3.8, 4) is 0 Å². The molecule has 5 heteroatoms. The molecule has 13 heavy (non-hydrogen) atoms. The van der Waals surface area contributed by atoms with E-state index in [0.717, 1.165) is 12.8 Å². The van der Waals surface area contributed by atoms with Gasteiger partial charge in [-0.3, -0.25) is 9.69 Å². The summed E-state index contributed by atoms with van der Waals surface area (Å²) in [4.78, 5) is 24.2. The molecule has 2 rings (SSSR count). The smallest absolute Gasteiger partial charge is 0.324 e. The third kappa shape index (κ3) is 1.39. The molecule has 1 aliphatic carbocycles. The average molecular weight is 184 g/mol. The molecular weight excluding hydrogens is 172 g/mol. The van der Waals surface area contributed by atoms with Gasteiger partial charge in [0.1, 0.15) is 0 Å². The van der Waals surface area contributed by atoms with Crippen LogP contribution in [-0.4, -0.2) is 42.6 Å². The van der Waals surface area contributed by atoms with E-state index >= 15 is 0 Å². The molecule has 0 aromatic heterocycles. The van der Waals surface area contributed by atoms with Gasteiger partial charge in [-0.05, 0) is 12.8 Å². The standard InChI is InChI=1S/C8H12N2O3/c1-13-6-4-9-8(12)10(7(6)11)5-2-3-5/h5-6H,2-4H2,1H3,(H,9,12). The zero-order valence-corrected chi connectivity index (χ0v) is 7.45. The lowest BCUT2D eigenvalue weighted by molar-refractivity contribution is -0.140. The molecule has 3 amide bonds. The van der Waals surface area contributed by atoms with Gasteiger partial charge in [-0.1, -0.05) is 0 Å². The summed E-state index contributed by atoms with van der Waals surface area (Å²) in [5, 5.41) is 2.63. The normalized spacial score (nSPS) is 29.0. The number of nitrogens with one attached hydrogen (secondary N) is 1. The summed E-state index contributed by atoms with van der Waals surface area (Å²) in [5.41, 5.74) is 0. The molecule has 1 heterocycles. The van der Waals surface area contributed by atoms with Crippen LogP contribution in [0.2, 0.25) is 0 Å². The van der Waals surface area contributed by atoms with E-state index in [9.17, 15) is 9.59 Å². The molecule has 1 N–H and O–H groups in total. The monoisotopic (exact) mass is 184 g/mol. The maximum absolute atomic E-state index is 11.6. The quantitative estimate of drug-likeness (QED) is 0.642. The lowest BCUT2D eigenvalue weighted by atomic mass is 10.2. The van der Waals surface area contributed by atoms with Crippen LogP contribution in [0.4, 0.5) is 4.79 Å². The molecule has 0 aromatic carbocycles. The first-order valence-electron chi connectivity index (χ1n) is 4.37. The minimum atomic E-state index is -0.502. The molecule has 72 valence electrons. The van der Waals surface area contributed by atoms with Gasteiger partial charge in [0.25, 0.3) is 5.91 Å². The fourth-order valence-electron chi connectivity index (χ4n) is 1.47. The second-order valence-electron chi connectivity index (χ2n) is 3.35. The van der Waals surface area contributed by atoms with Crippen molar-refractivity contribution in [3.63, 3.8) is 0 Å². The molecule has 0 bridgehead atoms. The third-order valence-electron chi connectivity index (χ3n) is 2.37. The van der Waals surface area contributed by atoms with Crippen molar-refractivity contribution in [2.24, 2.45) is 0 Å². The number of hydrogen-bond acceptors (Lipinski definition) is 3. The minimum Gasteiger partial charge on any atom is -0.370 e. The molecule has 2 aliphatic rings. The van der Waals surface area contributed by atoms with E-state index in [4.69, 9.17) is 4.74 Å². The summed E-state index contributed by atoms with van der Waals surface area (Å²) >= 11 is 0. The van der Waals surface area contributed by atoms with Crippen molar-refractivity contribution >= 4 is 11.9 Å². The first-order chi connectivity index (χ1) is 6.24. The molecule has 1 saturated heterocycles. The fraction of sp³-hybridized carbons (Fsp3) is 0.750. The Morgan fingerprint density at radius 1 is 1.46 bits per heavy atom. The Kier molecular flexibility index (Phi) is 1.95. The van der Waals surface area contributed by atoms with Crippen LogP contribution in [0.5, 0.6) is 0 Å². The van der Waals surface area contributed by atoms with Crippen molar-refractivity contribution in [2.75, 3.05) is 13.7 Å². The van der Waals surface area contributed by atoms with Gasteiger partial charge in [0.2, 0.25) is 0 Å². The van der Waals surface area contributed by atoms with Gasteiger partial charge in [-0.2, -0.15) is 0 Å². The number of imide groups is 1. The number of urea groups is 1. The summed E-state index contributed by atoms with van der Waals surface area (Å²) in [6.45, 7) is 0.289. The summed E-state index contributed by atoms with van der Waals surface area (Å²) in [5.74, 6) is -0.200. The Morgan fingerprint density at radius 2 is 2.15 bits per heavy atom. The van der Waals surface area contributed by atoms with Crippen LogP contribution >= 0.6 is 0 Å². The van der Waals surface area contributed by atoms with Crippen LogP contribution in [0.3, 0.4) is 0 Å². The number of carbonyl (C=O) groups is 2. The van der Waals surface area contributed by atoms with E-state index in [1.165, 1.54) is 12.0 Å². The Bertz CT molecular complexity index is 250. The Balaban J connectivity index is 2.11. The predicted molar refractivity (Wildman–Crippen MR) is 44.1 cm³/mol. The molecule has 0 aromatic rings. The van der Waals surface area contributed by atoms with Crippen molar-refractivity contribution in [1.82, 2.24) is 10.2 Å². The van der Waals surface area contributed by atoms with Gasteiger partial charge in [0, 0.05) is 13.2 Å². The SMILES string of the molecule is COC1CNC(=O)N(C2CC2)C1=O. The summed E-state index contributed by atoms with van der Waals surface area (Å²) in [6, 6.07) is -0.161. The van der Waals surface area contributed by atoms with Crippen LogP contribution in [0.25, 0.3) is 0 Å². The van der Waals surface area contributed by atoms with Crippen LogP contribution in [-0.2, 0) is 9.53 Å². The summed E-state index contributed by atoms with van der Waals surface area (Å²) in [7, 11) is 1.48. The third-order valence-corrected chi connectivity index (χ3v) is 2.37. The number of nitrogens with zero attached hydrogens (tertiary/aromatic N) is 1. The number of amides is 3. The van der Waals surface area contributed by atoms with Gasteiger partial charge < -0.3 is 10.1 Å². The predicted octanol–water partition coefficient (Wildman–Crippen LogP) is -0.284. The second-order valence-corrected chi connectivity index (χ2v) is 3.35. The van der Waals surface area contributed by atoms with Gasteiger partial charge in [0.05, 0.1) is 6.54 Å². The number of ether oxygens (including phenoxy) is 1. The maximum atomic E-state index is 11.6. The van der Waals surface area contributed by atoms with Gasteiger partial charge in [0.15, 0.2) is 6.10 Å². The zero-order chi connectivity index (χ0) is 9.42. The molecule has 1 saturated carbocycles. The van der Waals surface area contributed by atoms with Gasteiger partial charge >= 0.3 is 6.03 Å². The molecule has 0 radical (unpaired) electrons. The van der Waals surface area contributed by atoms with E-state index in [-0.39, 0.29) is 24.5 Å². The average Bonchev–Trinajstić information content (AvgIpc) is 2.89. The highest BCUT2D eigenvalue weighted by atomic mass is 16.5. The van der Waals surface area contributed by atoms with Crippen LogP contribution in [0.1, 0.15) is 12.8 Å². The van der Waals surface area contributed by atoms with E-state index in [1.54, 1.807) is 0 Å². The maximum Gasteiger partial charge on any atom is 0.324 e. The van der Waals surface area contributed by atoms with E-state index < -0.39 is 6.10 Å². The minimum absolute atomic E-state index is 0.116. The van der Waals surface area contributed by atoms with Crippen LogP contribution in [0.15, 0.2) is 0 Å². The zero-order valence-electron chi connectivity index (χ0n) is 7.45. The topological polar surface area (TPSA) is 58.6 Å². The van der Waals surface area contributed by atoms with Crippen molar-refractivity contribution in [1.29, 1.82) is 0 Å². The highest BCUT2D eigenvalue weighted by Crippen LogP contribution is 2.28. The van der Waals surface area contributed by atoms with Crippen molar-refractivity contribution in [3.05, 3.63) is 0 Å². The molecule has 2 fully saturated rings. The Morgan fingerprint density at radius 3 is 2.69 bits per heavy atom. The molecule has 0 spiro atoms. The first kappa shape index (κ1) is 8.50. The molecule has 1 atom stereocenters. The van der Waals surface area contributed by atoms with E-state index in [1.807, 2.05) is 0 Å². The number of methoxy groups -OCH3 is 1. The summed E-state index contributed by atoms with van der Waals surface area (Å²) < 4.78 is 4.95. The van der Waals surface area contributed by atoms with Crippen LogP contribution < -0.4 is 5.32 Å². The number of hydrogen-bond donors (Lipinski definition) is 1. The van der Waals surface area contributed by atoms with Gasteiger partial charge in [-0.25, -0.2) is 4.79 Å². The lowest BCUT2D eigenvalue weighted by Crippen LogP contribution is -2.58. The molecular formula is C8H12N2O3. The van der Waals surface area contributed by atoms with Crippen molar-refractivity contribution in [2.45, 2.75) is 25.0 Å². The highest BCUT2D eigenvalue weighted by molar-refractivity contribution is 5.99. The van der Waals surface area contributed by atoms with Crippen molar-refractivity contribution < 1.29 is 14.3 Å².